The summed E-state index contributed by atoms with van der Waals surface area (Å²) >= 11 is 0. The molecule has 0 bridgehead atoms. The molecule has 0 fully saturated rings. The first-order valence-corrected chi connectivity index (χ1v) is 14.9. The fraction of sp³-hybridized carbons (Fsp3) is 0.200. The van der Waals surface area contributed by atoms with Gasteiger partial charge in [0.2, 0.25) is 5.91 Å². The van der Waals surface area contributed by atoms with E-state index in [2.05, 4.69) is 0 Å². The molecule has 1 unspecified atom stereocenters. The van der Waals surface area contributed by atoms with Gasteiger partial charge in [0.25, 0.3) is 20.0 Å². The molecule has 0 saturated heterocycles. The van der Waals surface area contributed by atoms with Crippen LogP contribution in [0.3, 0.4) is 0 Å². The lowest BCUT2D eigenvalue weighted by molar-refractivity contribution is -0.138. The summed E-state index contributed by atoms with van der Waals surface area (Å²) in [6.07, 6.45) is -13.6. The first-order chi connectivity index (χ1) is 20.3. The summed E-state index contributed by atoms with van der Waals surface area (Å²) < 4.78 is 139. The number of hydrogen-bond donors (Lipinski definition) is 3. The number of halogens is 6. The molecule has 3 N–H and O–H groups in total. The van der Waals surface area contributed by atoms with Crippen LogP contribution in [0.1, 0.15) is 17.5 Å². The minimum Gasteiger partial charge on any atom is -0.486 e. The van der Waals surface area contributed by atoms with Crippen LogP contribution in [0.2, 0.25) is 0 Å². The van der Waals surface area contributed by atoms with E-state index in [1.54, 1.807) is 4.72 Å². The molecule has 236 valence electrons. The average molecular weight is 668 g/mol. The smallest absolute Gasteiger partial charge is 0.416 e. The first kappa shape index (κ1) is 32.4. The van der Waals surface area contributed by atoms with E-state index >= 15 is 0 Å². The van der Waals surface area contributed by atoms with Gasteiger partial charge >= 0.3 is 18.4 Å². The minimum atomic E-state index is -4.90. The predicted molar refractivity (Wildman–Crippen MR) is 140 cm³/mol. The number of fused-ring (bicyclic) bond motifs is 1. The molecule has 0 radical (unpaired) electrons. The summed E-state index contributed by atoms with van der Waals surface area (Å²) in [6.45, 7) is -0.765. The van der Waals surface area contributed by atoms with Crippen molar-refractivity contribution in [2.24, 2.45) is 0 Å². The molecule has 44 heavy (non-hydrogen) atoms. The van der Waals surface area contributed by atoms with Gasteiger partial charge in [0.15, 0.2) is 0 Å². The number of carboxylic acid groups (broad SMARTS) is 1. The number of hydrogen-bond acceptors (Lipinski definition) is 7. The molecule has 0 saturated carbocycles. The van der Waals surface area contributed by atoms with Crippen LogP contribution >= 0.6 is 0 Å². The van der Waals surface area contributed by atoms with Crippen LogP contribution < -0.4 is 19.1 Å². The third-order valence-corrected chi connectivity index (χ3v) is 9.17. The van der Waals surface area contributed by atoms with Gasteiger partial charge in [-0.25, -0.2) is 26.4 Å². The Hall–Kier alpha value is -4.52. The van der Waals surface area contributed by atoms with Crippen molar-refractivity contribution >= 4 is 43.4 Å². The Morgan fingerprint density at radius 3 is 2.00 bits per heavy atom. The number of alkyl halides is 6. The van der Waals surface area contributed by atoms with Crippen LogP contribution in [0.4, 0.5) is 42.5 Å². The van der Waals surface area contributed by atoms with Crippen LogP contribution in [0.25, 0.3) is 0 Å². The Morgan fingerprint density at radius 2 is 1.43 bits per heavy atom. The van der Waals surface area contributed by atoms with Crippen LogP contribution in [-0.2, 0) is 37.2 Å². The lowest BCUT2D eigenvalue weighted by Crippen LogP contribution is -2.46. The Labute approximate surface area is 245 Å². The van der Waals surface area contributed by atoms with E-state index in [4.69, 9.17) is 9.84 Å². The SMILES string of the molecule is O=C(O)Nc1ccc2c(c1)N(S(=O)(=O)c1cccc(C(F)(F)F)c1)CC(CC(=O)NS(=O)(=O)c1cccc(C(F)(F)F)c1)O2. The number of ether oxygens (including phenoxy) is 1. The summed E-state index contributed by atoms with van der Waals surface area (Å²) in [6, 6.07) is 8.56. The normalized spacial score (nSPS) is 15.6. The Morgan fingerprint density at radius 1 is 0.864 bits per heavy atom. The third-order valence-electron chi connectivity index (χ3n) is 6.02. The molecule has 0 aromatic heterocycles. The average Bonchev–Trinajstić information content (AvgIpc) is 2.91. The van der Waals surface area contributed by atoms with E-state index in [9.17, 15) is 52.8 Å². The zero-order valence-corrected chi connectivity index (χ0v) is 23.3. The highest BCUT2D eigenvalue weighted by Gasteiger charge is 2.38. The molecule has 0 spiro atoms. The van der Waals surface area contributed by atoms with E-state index in [0.29, 0.717) is 28.6 Å². The quantitative estimate of drug-likeness (QED) is 0.307. The second-order valence-electron chi connectivity index (χ2n) is 9.17. The monoisotopic (exact) mass is 667 g/mol. The zero-order valence-electron chi connectivity index (χ0n) is 21.7. The number of nitrogens with one attached hydrogen (secondary N) is 2. The van der Waals surface area contributed by atoms with Crippen molar-refractivity contribution in [3.8, 4) is 5.75 Å². The maximum absolute atomic E-state index is 13.6. The van der Waals surface area contributed by atoms with E-state index in [1.807, 2.05) is 5.32 Å². The predicted octanol–water partition coefficient (Wildman–Crippen LogP) is 4.67. The van der Waals surface area contributed by atoms with Gasteiger partial charge in [-0.2, -0.15) is 26.3 Å². The number of carbonyl (C=O) groups is 2. The van der Waals surface area contributed by atoms with E-state index in [-0.39, 0.29) is 17.1 Å². The summed E-state index contributed by atoms with van der Waals surface area (Å²) in [5, 5.41) is 11.0. The molecule has 1 atom stereocenters. The van der Waals surface area contributed by atoms with Gasteiger partial charge in [0.1, 0.15) is 11.9 Å². The van der Waals surface area contributed by atoms with E-state index in [1.165, 1.54) is 0 Å². The van der Waals surface area contributed by atoms with Gasteiger partial charge in [0, 0.05) is 5.69 Å². The van der Waals surface area contributed by atoms with Crippen molar-refractivity contribution < 1.29 is 62.6 Å². The number of rotatable bonds is 7. The molecule has 1 aliphatic rings. The highest BCUT2D eigenvalue weighted by Crippen LogP contribution is 2.40. The summed E-state index contributed by atoms with van der Waals surface area (Å²) in [7, 11) is -9.68. The first-order valence-electron chi connectivity index (χ1n) is 12.0. The van der Waals surface area contributed by atoms with Crippen LogP contribution in [0.5, 0.6) is 5.75 Å². The molecule has 4 rings (SSSR count). The van der Waals surface area contributed by atoms with Gasteiger partial charge in [-0.1, -0.05) is 12.1 Å². The maximum atomic E-state index is 13.6. The summed E-state index contributed by atoms with van der Waals surface area (Å²) in [5.41, 5.74) is -3.05. The van der Waals surface area contributed by atoms with Gasteiger partial charge in [-0.15, -0.1) is 0 Å². The van der Waals surface area contributed by atoms with E-state index in [0.717, 1.165) is 42.5 Å². The Balaban J connectivity index is 1.66. The van der Waals surface area contributed by atoms with Crippen molar-refractivity contribution in [1.82, 2.24) is 4.72 Å². The number of sulfonamides is 2. The fourth-order valence-corrected chi connectivity index (χ4v) is 6.69. The third kappa shape index (κ3) is 7.16. The molecule has 11 nitrogen and oxygen atoms in total. The Kier molecular flexibility index (Phi) is 8.49. The van der Waals surface area contributed by atoms with Gasteiger partial charge in [0.05, 0.1) is 39.6 Å². The number of nitrogens with zero attached hydrogens (tertiary/aromatic N) is 1. The molecular weight excluding hydrogens is 648 g/mol. The van der Waals surface area contributed by atoms with Crippen molar-refractivity contribution in [2.45, 2.75) is 34.7 Å². The standard InChI is InChI=1S/C25H19F6N3O8S2/c26-24(27,28)14-3-1-5-18(9-14)43(38,39)33-22(35)12-17-13-34(20-11-16(32-23(36)37)7-8-21(20)42-17)44(40,41)19-6-2-4-15(10-19)25(29,30)31/h1-11,17,32H,12-13H2,(H,33,35)(H,36,37). The molecule has 0 aliphatic carbocycles. The van der Waals surface area contributed by atoms with Crippen molar-refractivity contribution in [2.75, 3.05) is 16.2 Å². The summed E-state index contributed by atoms with van der Waals surface area (Å²) in [5.74, 6) is -1.57. The lowest BCUT2D eigenvalue weighted by Gasteiger charge is -2.35. The lowest BCUT2D eigenvalue weighted by atomic mass is 10.1. The van der Waals surface area contributed by atoms with Gasteiger partial charge in [-0.3, -0.25) is 14.4 Å². The molecule has 3 aromatic rings. The second kappa shape index (κ2) is 11.5. The number of amides is 2. The van der Waals surface area contributed by atoms with Crippen molar-refractivity contribution in [1.29, 1.82) is 0 Å². The number of carbonyl (C=O) groups excluding carboxylic acids is 1. The largest absolute Gasteiger partial charge is 0.486 e. The molecule has 19 heteroatoms. The van der Waals surface area contributed by atoms with Crippen LogP contribution in [-0.4, -0.2) is 46.6 Å². The van der Waals surface area contributed by atoms with E-state index < -0.39 is 84.4 Å². The number of anilines is 2. The van der Waals surface area contributed by atoms with Gasteiger partial charge in [-0.05, 0) is 54.6 Å². The second-order valence-corrected chi connectivity index (χ2v) is 12.7. The highest BCUT2D eigenvalue weighted by molar-refractivity contribution is 7.92. The molecule has 1 heterocycles. The van der Waals surface area contributed by atoms with Crippen molar-refractivity contribution in [3.63, 3.8) is 0 Å². The molecule has 1 aliphatic heterocycles. The summed E-state index contributed by atoms with van der Waals surface area (Å²) in [4.78, 5) is 22.1. The Bertz CT molecular complexity index is 1830. The topological polar surface area (TPSA) is 159 Å². The van der Waals surface area contributed by atoms with Crippen molar-refractivity contribution in [3.05, 3.63) is 77.9 Å². The van der Waals surface area contributed by atoms with Crippen LogP contribution in [0.15, 0.2) is 76.5 Å². The maximum Gasteiger partial charge on any atom is 0.416 e. The fourth-order valence-electron chi connectivity index (χ4n) is 4.10. The molecular formula is C25H19F6N3O8S2. The molecule has 2 amide bonds. The number of benzene rings is 3. The minimum absolute atomic E-state index is 0.146. The van der Waals surface area contributed by atoms with Crippen LogP contribution in [0, 0.1) is 0 Å². The van der Waals surface area contributed by atoms with Gasteiger partial charge < -0.3 is 9.84 Å². The highest BCUT2D eigenvalue weighted by atomic mass is 32.2. The molecule has 3 aromatic carbocycles. The zero-order chi connectivity index (χ0) is 32.7.